The predicted molar refractivity (Wildman–Crippen MR) is 59.3 cm³/mol. The molecule has 0 fully saturated rings. The second-order valence-corrected chi connectivity index (χ2v) is 4.15. The summed E-state index contributed by atoms with van der Waals surface area (Å²) >= 11 is 0. The Morgan fingerprint density at radius 2 is 2.25 bits per heavy atom. The van der Waals surface area contributed by atoms with Gasteiger partial charge in [0.2, 0.25) is 5.88 Å². The summed E-state index contributed by atoms with van der Waals surface area (Å²) in [5, 5.41) is 0. The van der Waals surface area contributed by atoms with E-state index in [4.69, 9.17) is 4.74 Å². The molecule has 0 amide bonds. The highest BCUT2D eigenvalue weighted by atomic mass is 16.5. The fraction of sp³-hybridized carbons (Fsp3) is 0.333. The largest absolute Gasteiger partial charge is 0.467 e. The van der Waals surface area contributed by atoms with Crippen LogP contribution >= 0.6 is 0 Å². The van der Waals surface area contributed by atoms with Gasteiger partial charge >= 0.3 is 5.97 Å². The van der Waals surface area contributed by atoms with Gasteiger partial charge in [-0.3, -0.25) is 0 Å². The first-order chi connectivity index (χ1) is 7.52. The van der Waals surface area contributed by atoms with Crippen LogP contribution in [-0.4, -0.2) is 23.7 Å². The van der Waals surface area contributed by atoms with Gasteiger partial charge in [-0.05, 0) is 32.1 Å². The molecule has 0 radical (unpaired) electrons. The second kappa shape index (κ2) is 3.63. The molecule has 1 aromatic rings. The van der Waals surface area contributed by atoms with Crippen molar-refractivity contribution in [3.63, 3.8) is 0 Å². The summed E-state index contributed by atoms with van der Waals surface area (Å²) in [6, 6.07) is 1.71. The van der Waals surface area contributed by atoms with Gasteiger partial charge in [-0.2, -0.15) is 0 Å². The van der Waals surface area contributed by atoms with Crippen LogP contribution in [0.5, 0.6) is 5.88 Å². The van der Waals surface area contributed by atoms with Crippen LogP contribution in [0.25, 0.3) is 6.08 Å². The maximum Gasteiger partial charge on any atom is 0.339 e. The Morgan fingerprint density at radius 1 is 1.50 bits per heavy atom. The summed E-state index contributed by atoms with van der Waals surface area (Å²) in [6.07, 6.45) is 5.29. The number of rotatable bonds is 1. The molecular weight excluding hydrogens is 206 g/mol. The minimum atomic E-state index is -0.395. The zero-order valence-corrected chi connectivity index (χ0v) is 9.48. The van der Waals surface area contributed by atoms with Gasteiger partial charge in [0.1, 0.15) is 5.60 Å². The van der Waals surface area contributed by atoms with Crippen molar-refractivity contribution in [1.82, 2.24) is 4.98 Å². The highest BCUT2D eigenvalue weighted by Gasteiger charge is 2.23. The van der Waals surface area contributed by atoms with E-state index in [1.807, 2.05) is 26.0 Å². The molecule has 0 unspecified atom stereocenters. The molecule has 16 heavy (non-hydrogen) atoms. The number of carbonyl (C=O) groups excluding carboxylic acids is 1. The summed E-state index contributed by atoms with van der Waals surface area (Å²) in [6.45, 7) is 3.89. The summed E-state index contributed by atoms with van der Waals surface area (Å²) in [4.78, 5) is 15.4. The zero-order chi connectivity index (χ0) is 11.8. The number of hydrogen-bond acceptors (Lipinski definition) is 4. The number of hydrogen-bond donors (Lipinski definition) is 0. The van der Waals surface area contributed by atoms with Gasteiger partial charge in [0.05, 0.1) is 12.7 Å². The molecular formula is C12H13NO3. The van der Waals surface area contributed by atoms with Gasteiger partial charge < -0.3 is 9.47 Å². The van der Waals surface area contributed by atoms with E-state index in [1.165, 1.54) is 13.3 Å². The van der Waals surface area contributed by atoms with E-state index in [0.717, 1.165) is 5.56 Å². The van der Waals surface area contributed by atoms with Crippen molar-refractivity contribution in [1.29, 1.82) is 0 Å². The maximum atomic E-state index is 11.3. The van der Waals surface area contributed by atoms with Crippen LogP contribution < -0.4 is 4.74 Å². The third-order valence-corrected chi connectivity index (χ3v) is 2.32. The molecule has 4 heteroatoms. The molecule has 2 heterocycles. The number of ether oxygens (including phenoxy) is 2. The Labute approximate surface area is 93.9 Å². The van der Waals surface area contributed by atoms with Gasteiger partial charge in [0, 0.05) is 11.8 Å². The molecule has 0 aliphatic carbocycles. The smallest absolute Gasteiger partial charge is 0.339 e. The topological polar surface area (TPSA) is 48.4 Å². The van der Waals surface area contributed by atoms with E-state index in [-0.39, 0.29) is 5.60 Å². The van der Waals surface area contributed by atoms with Gasteiger partial charge in [-0.15, -0.1) is 0 Å². The van der Waals surface area contributed by atoms with Crippen LogP contribution in [0, 0.1) is 0 Å². The molecule has 1 aliphatic heterocycles. The van der Waals surface area contributed by atoms with E-state index in [1.54, 1.807) is 6.07 Å². The lowest BCUT2D eigenvalue weighted by Crippen LogP contribution is -2.28. The average molecular weight is 219 g/mol. The number of carbonyl (C=O) groups is 1. The SMILES string of the molecule is COC(=O)c1cnc2c(c1)C=CC(C)(C)O2. The Kier molecular flexibility index (Phi) is 2.42. The fourth-order valence-corrected chi connectivity index (χ4v) is 1.48. The molecule has 0 N–H and O–H groups in total. The van der Waals surface area contributed by atoms with Crippen LogP contribution in [0.4, 0.5) is 0 Å². The summed E-state index contributed by atoms with van der Waals surface area (Å²) in [7, 11) is 1.34. The lowest BCUT2D eigenvalue weighted by molar-refractivity contribution is 0.0600. The first-order valence-electron chi connectivity index (χ1n) is 4.98. The number of pyridine rings is 1. The number of nitrogens with zero attached hydrogens (tertiary/aromatic N) is 1. The Morgan fingerprint density at radius 3 is 2.94 bits per heavy atom. The summed E-state index contributed by atoms with van der Waals surface area (Å²) < 4.78 is 10.3. The number of fused-ring (bicyclic) bond motifs is 1. The highest BCUT2D eigenvalue weighted by Crippen LogP contribution is 2.29. The highest BCUT2D eigenvalue weighted by molar-refractivity contribution is 5.90. The quantitative estimate of drug-likeness (QED) is 0.678. The molecule has 1 aromatic heterocycles. The molecule has 4 nitrogen and oxygen atoms in total. The van der Waals surface area contributed by atoms with Crippen LogP contribution in [-0.2, 0) is 4.74 Å². The standard InChI is InChI=1S/C12H13NO3/c1-12(2)5-4-8-6-9(11(14)15-3)7-13-10(8)16-12/h4-7H,1-3H3. The number of methoxy groups -OCH3 is 1. The molecule has 0 atom stereocenters. The monoisotopic (exact) mass is 219 g/mol. The molecule has 2 rings (SSSR count). The minimum Gasteiger partial charge on any atom is -0.467 e. The fourth-order valence-electron chi connectivity index (χ4n) is 1.48. The minimum absolute atomic E-state index is 0.354. The number of aromatic nitrogens is 1. The Bertz CT molecular complexity index is 463. The molecule has 0 saturated carbocycles. The van der Waals surface area contributed by atoms with Crippen molar-refractivity contribution in [2.45, 2.75) is 19.4 Å². The Hall–Kier alpha value is -1.84. The molecule has 0 saturated heterocycles. The van der Waals surface area contributed by atoms with Gasteiger partial charge in [-0.1, -0.05) is 0 Å². The normalized spacial score (nSPS) is 16.2. The van der Waals surface area contributed by atoms with Crippen molar-refractivity contribution in [3.8, 4) is 5.88 Å². The molecule has 84 valence electrons. The van der Waals surface area contributed by atoms with Crippen LogP contribution in [0.15, 0.2) is 18.3 Å². The van der Waals surface area contributed by atoms with E-state index >= 15 is 0 Å². The first-order valence-corrected chi connectivity index (χ1v) is 4.98. The lowest BCUT2D eigenvalue weighted by Gasteiger charge is -2.26. The number of esters is 1. The second-order valence-electron chi connectivity index (χ2n) is 4.15. The molecule has 0 spiro atoms. The van der Waals surface area contributed by atoms with Crippen molar-refractivity contribution < 1.29 is 14.3 Å². The van der Waals surface area contributed by atoms with Gasteiger partial charge in [0.25, 0.3) is 0 Å². The summed E-state index contributed by atoms with van der Waals surface area (Å²) in [5.41, 5.74) is 0.865. The van der Waals surface area contributed by atoms with Crippen molar-refractivity contribution >= 4 is 12.0 Å². The molecule has 0 aromatic carbocycles. The lowest BCUT2D eigenvalue weighted by atomic mass is 10.0. The van der Waals surface area contributed by atoms with E-state index in [2.05, 4.69) is 9.72 Å². The third-order valence-electron chi connectivity index (χ3n) is 2.32. The Balaban J connectivity index is 2.39. The van der Waals surface area contributed by atoms with Crippen LogP contribution in [0.2, 0.25) is 0 Å². The van der Waals surface area contributed by atoms with Crippen LogP contribution in [0.1, 0.15) is 29.8 Å². The zero-order valence-electron chi connectivity index (χ0n) is 9.48. The van der Waals surface area contributed by atoms with E-state index in [9.17, 15) is 4.79 Å². The van der Waals surface area contributed by atoms with Crippen molar-refractivity contribution in [2.24, 2.45) is 0 Å². The van der Waals surface area contributed by atoms with Crippen molar-refractivity contribution in [2.75, 3.05) is 7.11 Å². The van der Waals surface area contributed by atoms with Crippen molar-refractivity contribution in [3.05, 3.63) is 29.5 Å². The maximum absolute atomic E-state index is 11.3. The third kappa shape index (κ3) is 1.91. The average Bonchev–Trinajstić information content (AvgIpc) is 2.26. The van der Waals surface area contributed by atoms with Gasteiger partial charge in [0.15, 0.2) is 0 Å². The summed E-state index contributed by atoms with van der Waals surface area (Å²) in [5.74, 6) is 0.147. The van der Waals surface area contributed by atoms with E-state index < -0.39 is 5.97 Å². The first kappa shape index (κ1) is 10.7. The van der Waals surface area contributed by atoms with Crippen LogP contribution in [0.3, 0.4) is 0 Å². The molecule has 0 bridgehead atoms. The molecule has 1 aliphatic rings. The van der Waals surface area contributed by atoms with E-state index in [0.29, 0.717) is 11.4 Å². The predicted octanol–water partition coefficient (Wildman–Crippen LogP) is 2.05. The van der Waals surface area contributed by atoms with Gasteiger partial charge in [-0.25, -0.2) is 9.78 Å².